The van der Waals surface area contributed by atoms with E-state index in [-0.39, 0.29) is 0 Å². The first-order valence-corrected chi connectivity index (χ1v) is 9.16. The average molecular weight is 368 g/mol. The Balaban J connectivity index is 1.58. The zero-order chi connectivity index (χ0) is 17.1. The van der Waals surface area contributed by atoms with Crippen molar-refractivity contribution in [1.29, 1.82) is 0 Å². The van der Waals surface area contributed by atoms with Gasteiger partial charge >= 0.3 is 0 Å². The molecule has 0 spiro atoms. The second kappa shape index (κ2) is 7.77. The average Bonchev–Trinajstić information content (AvgIpc) is 2.93. The summed E-state index contributed by atoms with van der Waals surface area (Å²) in [6, 6.07) is 7.43. The number of likely N-dealkylation sites (tertiary alicyclic amines) is 1. The summed E-state index contributed by atoms with van der Waals surface area (Å²) in [6.45, 7) is 8.26. The van der Waals surface area contributed by atoms with Gasteiger partial charge in [-0.2, -0.15) is 0 Å². The van der Waals surface area contributed by atoms with E-state index < -0.39 is 0 Å². The van der Waals surface area contributed by atoms with Gasteiger partial charge < -0.3 is 4.74 Å². The number of ether oxygens (including phenoxy) is 1. The van der Waals surface area contributed by atoms with Gasteiger partial charge in [-0.1, -0.05) is 30.1 Å². The normalized spacial score (nSPS) is 16.5. The monoisotopic (exact) mass is 367 g/mol. The van der Waals surface area contributed by atoms with E-state index in [0.29, 0.717) is 22.5 Å². The Morgan fingerprint density at radius 1 is 1.17 bits per heavy atom. The van der Waals surface area contributed by atoms with Crippen LogP contribution in [0.1, 0.15) is 25.5 Å². The molecule has 2 heterocycles. The van der Waals surface area contributed by atoms with Gasteiger partial charge in [0.25, 0.3) is 0 Å². The predicted molar refractivity (Wildman–Crippen MR) is 98.7 cm³/mol. The van der Waals surface area contributed by atoms with Crippen molar-refractivity contribution in [3.8, 4) is 11.6 Å². The maximum Gasteiger partial charge on any atom is 0.233 e. The van der Waals surface area contributed by atoms with Crippen LogP contribution in [0.4, 0.5) is 0 Å². The van der Waals surface area contributed by atoms with Crippen LogP contribution in [0.3, 0.4) is 0 Å². The summed E-state index contributed by atoms with van der Waals surface area (Å²) < 4.78 is 7.66. The van der Waals surface area contributed by atoms with Crippen molar-refractivity contribution in [1.82, 2.24) is 14.7 Å². The first kappa shape index (κ1) is 17.6. The van der Waals surface area contributed by atoms with Crippen LogP contribution in [0.25, 0.3) is 5.69 Å². The Morgan fingerprint density at radius 2 is 1.92 bits per heavy atom. The van der Waals surface area contributed by atoms with Gasteiger partial charge in [0.05, 0.1) is 15.7 Å². The zero-order valence-corrected chi connectivity index (χ0v) is 15.6. The lowest BCUT2D eigenvalue weighted by atomic mass is 9.99. The van der Waals surface area contributed by atoms with Gasteiger partial charge in [0.2, 0.25) is 5.88 Å². The summed E-state index contributed by atoms with van der Waals surface area (Å²) in [5.41, 5.74) is 1.87. The minimum atomic E-state index is 0.519. The molecule has 1 aliphatic rings. The molecule has 1 saturated heterocycles. The maximum atomic E-state index is 6.09. The molecule has 0 N–H and O–H groups in total. The van der Waals surface area contributed by atoms with E-state index >= 15 is 0 Å². The highest BCUT2D eigenvalue weighted by Crippen LogP contribution is 2.26. The molecule has 0 unspecified atom stereocenters. The molecule has 4 nitrogen and oxygen atoms in total. The van der Waals surface area contributed by atoms with E-state index in [1.807, 2.05) is 29.8 Å². The van der Waals surface area contributed by atoms with Gasteiger partial charge in [-0.3, -0.25) is 4.90 Å². The van der Waals surface area contributed by atoms with Gasteiger partial charge in [0.15, 0.2) is 0 Å². The number of rotatable bonds is 5. The summed E-state index contributed by atoms with van der Waals surface area (Å²) in [4.78, 5) is 2.46. The number of benzene rings is 1. The highest BCUT2D eigenvalue weighted by molar-refractivity contribution is 6.42. The number of aryl methyl sites for hydroxylation is 1. The van der Waals surface area contributed by atoms with Gasteiger partial charge in [0.1, 0.15) is 6.61 Å². The summed E-state index contributed by atoms with van der Waals surface area (Å²) in [5.74, 6) is 1.50. The summed E-state index contributed by atoms with van der Waals surface area (Å²) >= 11 is 12.1. The fourth-order valence-corrected chi connectivity index (χ4v) is 3.25. The van der Waals surface area contributed by atoms with E-state index in [1.165, 1.54) is 25.9 Å². The van der Waals surface area contributed by atoms with Crippen LogP contribution >= 0.6 is 23.2 Å². The third-order valence-corrected chi connectivity index (χ3v) is 5.29. The Kier molecular flexibility index (Phi) is 5.69. The van der Waals surface area contributed by atoms with E-state index in [2.05, 4.69) is 16.9 Å². The molecular weight excluding hydrogens is 345 g/mol. The maximum absolute atomic E-state index is 6.09. The van der Waals surface area contributed by atoms with E-state index in [9.17, 15) is 0 Å². The van der Waals surface area contributed by atoms with Crippen molar-refractivity contribution in [2.45, 2.75) is 26.7 Å². The molecule has 3 rings (SSSR count). The summed E-state index contributed by atoms with van der Waals surface area (Å²) in [6.07, 6.45) is 2.57. The van der Waals surface area contributed by atoms with Crippen LogP contribution in [-0.4, -0.2) is 40.9 Å². The molecule has 130 valence electrons. The molecule has 2 aromatic rings. The smallest absolute Gasteiger partial charge is 0.233 e. The first-order chi connectivity index (χ1) is 11.5. The van der Waals surface area contributed by atoms with Crippen molar-refractivity contribution >= 4 is 23.2 Å². The van der Waals surface area contributed by atoms with Crippen molar-refractivity contribution in [2.75, 3.05) is 26.2 Å². The Labute approximate surface area is 153 Å². The molecule has 0 atom stereocenters. The molecule has 1 aromatic heterocycles. The van der Waals surface area contributed by atoms with Crippen LogP contribution in [0, 0.1) is 12.8 Å². The van der Waals surface area contributed by atoms with Gasteiger partial charge in [-0.05, 0) is 57.0 Å². The van der Waals surface area contributed by atoms with Gasteiger partial charge in [-0.25, -0.2) is 4.68 Å². The molecule has 0 bridgehead atoms. The summed E-state index contributed by atoms with van der Waals surface area (Å²) in [5, 5.41) is 5.58. The number of hydrogen-bond acceptors (Lipinski definition) is 3. The second-order valence-electron chi connectivity index (χ2n) is 6.51. The van der Waals surface area contributed by atoms with E-state index in [4.69, 9.17) is 27.9 Å². The lowest BCUT2D eigenvalue weighted by Gasteiger charge is -2.29. The SMILES string of the molecule is Cc1cc(OCCN2CCC(C)CC2)nn1-c1ccc(Cl)c(Cl)c1. The van der Waals surface area contributed by atoms with E-state index in [0.717, 1.165) is 23.8 Å². The molecular formula is C18H23Cl2N3O. The third kappa shape index (κ3) is 4.24. The van der Waals surface area contributed by atoms with Gasteiger partial charge in [0, 0.05) is 18.3 Å². The fourth-order valence-electron chi connectivity index (χ4n) is 2.96. The fraction of sp³-hybridized carbons (Fsp3) is 0.500. The minimum Gasteiger partial charge on any atom is -0.475 e. The molecule has 0 saturated carbocycles. The molecule has 24 heavy (non-hydrogen) atoms. The number of aromatic nitrogens is 2. The highest BCUT2D eigenvalue weighted by Gasteiger charge is 2.15. The van der Waals surface area contributed by atoms with Crippen LogP contribution < -0.4 is 4.74 Å². The minimum absolute atomic E-state index is 0.519. The lowest BCUT2D eigenvalue weighted by molar-refractivity contribution is 0.158. The molecule has 0 amide bonds. The van der Waals surface area contributed by atoms with Crippen LogP contribution in [-0.2, 0) is 0 Å². The van der Waals surface area contributed by atoms with Gasteiger partial charge in [-0.15, -0.1) is 5.10 Å². The first-order valence-electron chi connectivity index (χ1n) is 8.40. The second-order valence-corrected chi connectivity index (χ2v) is 7.32. The molecule has 1 aromatic carbocycles. The van der Waals surface area contributed by atoms with Crippen LogP contribution in [0.2, 0.25) is 10.0 Å². The Hall–Kier alpha value is -1.23. The predicted octanol–water partition coefficient (Wildman–Crippen LogP) is 4.60. The van der Waals surface area contributed by atoms with Crippen molar-refractivity contribution in [3.05, 3.63) is 40.0 Å². The van der Waals surface area contributed by atoms with Crippen molar-refractivity contribution in [2.24, 2.45) is 5.92 Å². The van der Waals surface area contributed by atoms with Crippen molar-refractivity contribution < 1.29 is 4.74 Å². The molecule has 0 radical (unpaired) electrons. The topological polar surface area (TPSA) is 30.3 Å². The number of hydrogen-bond donors (Lipinski definition) is 0. The number of halogens is 2. The quantitative estimate of drug-likeness (QED) is 0.773. The number of piperidine rings is 1. The van der Waals surface area contributed by atoms with Crippen LogP contribution in [0.5, 0.6) is 5.88 Å². The summed E-state index contributed by atoms with van der Waals surface area (Å²) in [7, 11) is 0. The Bertz CT molecular complexity index is 694. The number of nitrogens with zero attached hydrogens (tertiary/aromatic N) is 3. The third-order valence-electron chi connectivity index (χ3n) is 4.55. The van der Waals surface area contributed by atoms with Crippen LogP contribution in [0.15, 0.2) is 24.3 Å². The molecule has 1 aliphatic heterocycles. The molecule has 6 heteroatoms. The Morgan fingerprint density at radius 3 is 2.62 bits per heavy atom. The van der Waals surface area contributed by atoms with E-state index in [1.54, 1.807) is 6.07 Å². The highest BCUT2D eigenvalue weighted by atomic mass is 35.5. The zero-order valence-electron chi connectivity index (χ0n) is 14.1. The lowest BCUT2D eigenvalue weighted by Crippen LogP contribution is -2.35. The standard InChI is InChI=1S/C18H23Cl2N3O/c1-13-5-7-22(8-6-13)9-10-24-18-11-14(2)23(21-18)15-3-4-16(19)17(20)12-15/h3-4,11-13H,5-10H2,1-2H3. The molecule has 1 fully saturated rings. The molecule has 0 aliphatic carbocycles. The van der Waals surface area contributed by atoms with Crippen molar-refractivity contribution in [3.63, 3.8) is 0 Å². The largest absolute Gasteiger partial charge is 0.475 e.